The number of hydrogen-bond acceptors (Lipinski definition) is 6. The van der Waals surface area contributed by atoms with Crippen LogP contribution < -0.4 is 5.32 Å². The average Bonchev–Trinajstić information content (AvgIpc) is 3.29. The van der Waals surface area contributed by atoms with E-state index in [9.17, 15) is 4.39 Å². The molecule has 2 N–H and O–H groups in total. The van der Waals surface area contributed by atoms with Gasteiger partial charge in [0.2, 0.25) is 11.8 Å². The molecule has 1 fully saturated rings. The lowest BCUT2D eigenvalue weighted by molar-refractivity contribution is 0.167. The predicted molar refractivity (Wildman–Crippen MR) is 83.3 cm³/mol. The van der Waals surface area contributed by atoms with Crippen LogP contribution in [0.2, 0.25) is 5.15 Å². The van der Waals surface area contributed by atoms with Gasteiger partial charge in [-0.25, -0.2) is 14.1 Å². The molecule has 2 aromatic rings. The van der Waals surface area contributed by atoms with Crippen LogP contribution in [0.25, 0.3) is 11.0 Å². The van der Waals surface area contributed by atoms with E-state index in [1.807, 2.05) is 6.08 Å². The Hall–Kier alpha value is -2.22. The number of halogens is 2. The molecule has 2 bridgehead atoms. The summed E-state index contributed by atoms with van der Waals surface area (Å²) in [5.74, 6) is 0.602. The fourth-order valence-electron chi connectivity index (χ4n) is 2.39. The highest BCUT2D eigenvalue weighted by molar-refractivity contribution is 6.34. The Morgan fingerprint density at radius 3 is 3.09 bits per heavy atom. The van der Waals surface area contributed by atoms with E-state index in [4.69, 9.17) is 21.7 Å². The Balaban J connectivity index is 1.80. The summed E-state index contributed by atoms with van der Waals surface area (Å²) in [5.41, 5.74) is 0.910. The van der Waals surface area contributed by atoms with E-state index in [1.165, 1.54) is 4.68 Å². The SMILES string of the molecule is N=C1OCC(F)Cn2nc(Cl)c3cnc(nc32)NC1=CC1CC1. The van der Waals surface area contributed by atoms with Crippen molar-refractivity contribution in [3.8, 4) is 0 Å². The number of rotatable bonds is 1. The summed E-state index contributed by atoms with van der Waals surface area (Å²) >= 11 is 6.05. The van der Waals surface area contributed by atoms with Gasteiger partial charge in [-0.1, -0.05) is 17.7 Å². The van der Waals surface area contributed by atoms with Crippen molar-refractivity contribution < 1.29 is 9.13 Å². The smallest absolute Gasteiger partial charge is 0.230 e. The summed E-state index contributed by atoms with van der Waals surface area (Å²) in [4.78, 5) is 8.55. The van der Waals surface area contributed by atoms with Gasteiger partial charge in [0, 0.05) is 6.20 Å². The highest BCUT2D eigenvalue weighted by Crippen LogP contribution is 2.32. The first kappa shape index (κ1) is 14.4. The van der Waals surface area contributed by atoms with Crippen molar-refractivity contribution in [2.45, 2.75) is 25.6 Å². The first-order chi connectivity index (χ1) is 11.1. The third-order valence-corrected chi connectivity index (χ3v) is 4.02. The Morgan fingerprint density at radius 2 is 2.30 bits per heavy atom. The summed E-state index contributed by atoms with van der Waals surface area (Å²) in [6.07, 6.45) is 4.28. The lowest BCUT2D eigenvalue weighted by atomic mass is 10.3. The van der Waals surface area contributed by atoms with Gasteiger partial charge in [-0.15, -0.1) is 0 Å². The summed E-state index contributed by atoms with van der Waals surface area (Å²) < 4.78 is 20.8. The third kappa shape index (κ3) is 2.86. The van der Waals surface area contributed by atoms with E-state index in [1.54, 1.807) is 6.20 Å². The van der Waals surface area contributed by atoms with E-state index < -0.39 is 6.17 Å². The summed E-state index contributed by atoms with van der Waals surface area (Å²) in [7, 11) is 0. The van der Waals surface area contributed by atoms with E-state index in [-0.39, 0.29) is 24.2 Å². The number of hydrogen-bond donors (Lipinski definition) is 2. The van der Waals surface area contributed by atoms with Crippen LogP contribution in [0.15, 0.2) is 18.0 Å². The fraction of sp³-hybridized carbons (Fsp3) is 0.429. The van der Waals surface area contributed by atoms with Gasteiger partial charge in [0.05, 0.1) is 17.6 Å². The maximum absolute atomic E-state index is 14.1. The van der Waals surface area contributed by atoms with E-state index in [0.29, 0.717) is 28.6 Å². The first-order valence-corrected chi connectivity index (χ1v) is 7.71. The maximum Gasteiger partial charge on any atom is 0.230 e. The molecule has 120 valence electrons. The molecule has 23 heavy (non-hydrogen) atoms. The number of aromatic nitrogens is 4. The van der Waals surface area contributed by atoms with Crippen LogP contribution in [0.3, 0.4) is 0 Å². The second kappa shape index (κ2) is 5.45. The lowest BCUT2D eigenvalue weighted by Crippen LogP contribution is -2.22. The molecule has 0 amide bonds. The Bertz CT molecular complexity index is 815. The molecule has 3 heterocycles. The summed E-state index contributed by atoms with van der Waals surface area (Å²) in [5, 5.41) is 15.9. The minimum Gasteiger partial charge on any atom is -0.473 e. The van der Waals surface area contributed by atoms with Crippen LogP contribution in [0, 0.1) is 11.3 Å². The molecule has 0 spiro atoms. The van der Waals surface area contributed by atoms with E-state index >= 15 is 0 Å². The zero-order valence-electron chi connectivity index (χ0n) is 12.1. The van der Waals surface area contributed by atoms with E-state index in [2.05, 4.69) is 20.4 Å². The number of nitrogens with zero attached hydrogens (tertiary/aromatic N) is 4. The van der Waals surface area contributed by atoms with Crippen molar-refractivity contribution in [2.75, 3.05) is 11.9 Å². The van der Waals surface area contributed by atoms with Crippen LogP contribution in [-0.4, -0.2) is 38.4 Å². The normalized spacial score (nSPS) is 23.7. The number of ether oxygens (including phenoxy) is 1. The van der Waals surface area contributed by atoms with Crippen LogP contribution in [-0.2, 0) is 11.3 Å². The van der Waals surface area contributed by atoms with Crippen LogP contribution in [0.5, 0.6) is 0 Å². The first-order valence-electron chi connectivity index (χ1n) is 7.34. The molecule has 1 unspecified atom stereocenters. The quantitative estimate of drug-likeness (QED) is 0.835. The highest BCUT2D eigenvalue weighted by Gasteiger charge is 2.24. The van der Waals surface area contributed by atoms with Crippen molar-refractivity contribution >= 4 is 34.5 Å². The molecule has 9 heteroatoms. The minimum atomic E-state index is -1.33. The molecule has 0 aromatic carbocycles. The van der Waals surface area contributed by atoms with Crippen LogP contribution >= 0.6 is 11.6 Å². The molecule has 7 nitrogen and oxygen atoms in total. The number of anilines is 1. The number of fused-ring (bicyclic) bond motifs is 1. The fourth-order valence-corrected chi connectivity index (χ4v) is 2.62. The van der Waals surface area contributed by atoms with Crippen molar-refractivity contribution in [3.05, 3.63) is 23.1 Å². The minimum absolute atomic E-state index is 0.0470. The van der Waals surface area contributed by atoms with Gasteiger partial charge < -0.3 is 10.1 Å². The molecule has 0 radical (unpaired) electrons. The second-order valence-corrected chi connectivity index (χ2v) is 6.04. The van der Waals surface area contributed by atoms with Gasteiger partial charge >= 0.3 is 0 Å². The Morgan fingerprint density at radius 1 is 1.48 bits per heavy atom. The summed E-state index contributed by atoms with van der Waals surface area (Å²) in [6, 6.07) is 0. The zero-order chi connectivity index (χ0) is 16.0. The van der Waals surface area contributed by atoms with Crippen LogP contribution in [0.4, 0.5) is 10.3 Å². The lowest BCUT2D eigenvalue weighted by Gasteiger charge is -2.13. The number of nitrogens with one attached hydrogen (secondary N) is 2. The molecule has 2 aromatic heterocycles. The molecular weight excluding hydrogens is 323 g/mol. The molecule has 1 atom stereocenters. The molecule has 1 saturated carbocycles. The molecule has 4 rings (SSSR count). The second-order valence-electron chi connectivity index (χ2n) is 5.68. The van der Waals surface area contributed by atoms with Gasteiger partial charge in [0.15, 0.2) is 17.0 Å². The van der Waals surface area contributed by atoms with Crippen molar-refractivity contribution in [3.63, 3.8) is 0 Å². The molecule has 1 aliphatic heterocycles. The summed E-state index contributed by atoms with van der Waals surface area (Å²) in [6.45, 7) is -0.278. The number of alkyl halides is 1. The Kier molecular flexibility index (Phi) is 3.41. The monoisotopic (exact) mass is 336 g/mol. The van der Waals surface area contributed by atoms with Crippen molar-refractivity contribution in [1.82, 2.24) is 19.7 Å². The van der Waals surface area contributed by atoms with Crippen LogP contribution in [0.1, 0.15) is 12.8 Å². The molecule has 2 aliphatic rings. The van der Waals surface area contributed by atoms with Crippen molar-refractivity contribution in [2.24, 2.45) is 5.92 Å². The molecule has 0 saturated heterocycles. The van der Waals surface area contributed by atoms with Crippen molar-refractivity contribution in [1.29, 1.82) is 5.41 Å². The van der Waals surface area contributed by atoms with Gasteiger partial charge in [-0.2, -0.15) is 10.1 Å². The molecule has 1 aliphatic carbocycles. The topological polar surface area (TPSA) is 88.7 Å². The molecular formula is C14H14ClFN6O. The van der Waals surface area contributed by atoms with Gasteiger partial charge in [0.1, 0.15) is 6.61 Å². The standard InChI is InChI=1S/C14H14ClFN6O/c15-11-9-4-18-14-19-10(3-7-1-2-7)12(17)23-6-8(16)5-22(21-11)13(9)20-14/h3-4,7-8,17H,1-2,5-6H2,(H,18,19,20). The third-order valence-electron chi connectivity index (χ3n) is 3.74. The average molecular weight is 337 g/mol. The largest absolute Gasteiger partial charge is 0.473 e. The van der Waals surface area contributed by atoms with Gasteiger partial charge in [0.25, 0.3) is 0 Å². The highest BCUT2D eigenvalue weighted by atomic mass is 35.5. The van der Waals surface area contributed by atoms with Gasteiger partial charge in [-0.05, 0) is 18.8 Å². The Labute approximate surface area is 136 Å². The van der Waals surface area contributed by atoms with E-state index in [0.717, 1.165) is 12.8 Å². The van der Waals surface area contributed by atoms with Gasteiger partial charge in [-0.3, -0.25) is 5.41 Å². The maximum atomic E-state index is 14.1. The number of allylic oxidation sites excluding steroid dienone is 1. The zero-order valence-corrected chi connectivity index (χ0v) is 12.8. The predicted octanol–water partition coefficient (Wildman–Crippen LogP) is 2.53.